The van der Waals surface area contributed by atoms with Crippen LogP contribution in [0.15, 0.2) is 48.5 Å². The first-order chi connectivity index (χ1) is 11.6. The second-order valence-electron chi connectivity index (χ2n) is 5.55. The van der Waals surface area contributed by atoms with Crippen molar-refractivity contribution in [1.29, 1.82) is 0 Å². The van der Waals surface area contributed by atoms with Crippen LogP contribution in [-0.4, -0.2) is 12.5 Å². The number of halogens is 1. The maximum atomic E-state index is 12.0. The lowest BCUT2D eigenvalue weighted by Gasteiger charge is -2.07. The zero-order valence-corrected chi connectivity index (χ0v) is 16.2. The van der Waals surface area contributed by atoms with Gasteiger partial charge in [-0.3, -0.25) is 4.79 Å². The molecule has 1 N–H and O–H groups in total. The highest BCUT2D eigenvalue weighted by atomic mass is 127. The van der Waals surface area contributed by atoms with E-state index in [4.69, 9.17) is 4.74 Å². The summed E-state index contributed by atoms with van der Waals surface area (Å²) in [7, 11) is 0. The Morgan fingerprint density at radius 2 is 1.96 bits per heavy atom. The standard InChI is InChI=1S/C20H22INO2/c1-3-4-13-24-18-9-5-16(6-10-18)7-12-20(23)22-19-11-8-17(21)14-15(19)2/h5-12,14H,3-4,13H2,1-2H3,(H,22,23). The largest absolute Gasteiger partial charge is 0.494 e. The summed E-state index contributed by atoms with van der Waals surface area (Å²) >= 11 is 2.26. The van der Waals surface area contributed by atoms with E-state index >= 15 is 0 Å². The van der Waals surface area contributed by atoms with E-state index in [2.05, 4.69) is 34.8 Å². The van der Waals surface area contributed by atoms with E-state index in [1.165, 1.54) is 0 Å². The third-order valence-corrected chi connectivity index (χ3v) is 4.19. The Bertz CT molecular complexity index is 708. The average molecular weight is 435 g/mol. The minimum atomic E-state index is -0.136. The number of carbonyl (C=O) groups excluding carboxylic acids is 1. The third-order valence-electron chi connectivity index (χ3n) is 3.52. The molecule has 0 bridgehead atoms. The van der Waals surface area contributed by atoms with Crippen LogP contribution in [0.1, 0.15) is 30.9 Å². The second-order valence-corrected chi connectivity index (χ2v) is 6.80. The number of rotatable bonds is 7. The van der Waals surface area contributed by atoms with Crippen molar-refractivity contribution in [2.75, 3.05) is 11.9 Å². The zero-order valence-electron chi connectivity index (χ0n) is 14.0. The number of hydrogen-bond donors (Lipinski definition) is 1. The van der Waals surface area contributed by atoms with Crippen LogP contribution in [0.3, 0.4) is 0 Å². The van der Waals surface area contributed by atoms with Gasteiger partial charge in [0, 0.05) is 15.3 Å². The highest BCUT2D eigenvalue weighted by Crippen LogP contribution is 2.18. The van der Waals surface area contributed by atoms with Gasteiger partial charge in [0.2, 0.25) is 5.91 Å². The fraction of sp³-hybridized carbons (Fsp3) is 0.250. The predicted octanol–water partition coefficient (Wildman–Crippen LogP) is 5.43. The molecule has 0 saturated heterocycles. The molecular formula is C20H22INO2. The molecule has 0 aromatic heterocycles. The van der Waals surface area contributed by atoms with Crippen LogP contribution in [0.4, 0.5) is 5.69 Å². The first-order valence-electron chi connectivity index (χ1n) is 8.06. The molecule has 3 nitrogen and oxygen atoms in total. The van der Waals surface area contributed by atoms with Gasteiger partial charge in [0.1, 0.15) is 5.75 Å². The highest BCUT2D eigenvalue weighted by Gasteiger charge is 2.02. The summed E-state index contributed by atoms with van der Waals surface area (Å²) in [6.45, 7) is 4.86. The van der Waals surface area contributed by atoms with Gasteiger partial charge in [-0.1, -0.05) is 25.5 Å². The van der Waals surface area contributed by atoms with E-state index in [-0.39, 0.29) is 5.91 Å². The van der Waals surface area contributed by atoms with Crippen LogP contribution < -0.4 is 10.1 Å². The van der Waals surface area contributed by atoms with Crippen molar-refractivity contribution in [2.45, 2.75) is 26.7 Å². The van der Waals surface area contributed by atoms with Gasteiger partial charge in [0.15, 0.2) is 0 Å². The molecule has 0 unspecified atom stereocenters. The van der Waals surface area contributed by atoms with E-state index in [0.717, 1.165) is 45.6 Å². The number of carbonyl (C=O) groups is 1. The number of benzene rings is 2. The molecule has 126 valence electrons. The monoisotopic (exact) mass is 435 g/mol. The van der Waals surface area contributed by atoms with E-state index in [1.54, 1.807) is 12.2 Å². The van der Waals surface area contributed by atoms with Gasteiger partial charge >= 0.3 is 0 Å². The number of hydrogen-bond acceptors (Lipinski definition) is 2. The molecule has 2 rings (SSSR count). The minimum absolute atomic E-state index is 0.136. The molecule has 0 heterocycles. The molecule has 2 aromatic rings. The van der Waals surface area contributed by atoms with Crippen LogP contribution in [-0.2, 0) is 4.79 Å². The fourth-order valence-corrected chi connectivity index (χ4v) is 2.77. The van der Waals surface area contributed by atoms with Gasteiger partial charge in [-0.2, -0.15) is 0 Å². The topological polar surface area (TPSA) is 38.3 Å². The molecule has 0 spiro atoms. The minimum Gasteiger partial charge on any atom is -0.494 e. The van der Waals surface area contributed by atoms with Crippen molar-refractivity contribution in [3.63, 3.8) is 0 Å². The van der Waals surface area contributed by atoms with E-state index in [1.807, 2.05) is 49.4 Å². The molecular weight excluding hydrogens is 413 g/mol. The van der Waals surface area contributed by atoms with Gasteiger partial charge in [-0.25, -0.2) is 0 Å². The number of nitrogens with one attached hydrogen (secondary N) is 1. The average Bonchev–Trinajstić information content (AvgIpc) is 2.57. The molecule has 4 heteroatoms. The van der Waals surface area contributed by atoms with Crippen molar-refractivity contribution < 1.29 is 9.53 Å². The number of aryl methyl sites for hydroxylation is 1. The summed E-state index contributed by atoms with van der Waals surface area (Å²) in [6, 6.07) is 13.7. The van der Waals surface area contributed by atoms with Gasteiger partial charge in [-0.05, 0) is 83.5 Å². The maximum Gasteiger partial charge on any atom is 0.248 e. The van der Waals surface area contributed by atoms with Crippen molar-refractivity contribution in [3.05, 3.63) is 63.2 Å². The quantitative estimate of drug-likeness (QED) is 0.358. The van der Waals surface area contributed by atoms with Crippen LogP contribution in [0.25, 0.3) is 6.08 Å². The van der Waals surface area contributed by atoms with Gasteiger partial charge in [0.25, 0.3) is 0 Å². The van der Waals surface area contributed by atoms with Crippen LogP contribution in [0.5, 0.6) is 5.75 Å². The smallest absolute Gasteiger partial charge is 0.248 e. The van der Waals surface area contributed by atoms with E-state index in [0.29, 0.717) is 0 Å². The molecule has 0 saturated carbocycles. The van der Waals surface area contributed by atoms with Crippen molar-refractivity contribution in [2.24, 2.45) is 0 Å². The lowest BCUT2D eigenvalue weighted by atomic mass is 10.2. The Hall–Kier alpha value is -1.82. The fourth-order valence-electron chi connectivity index (χ4n) is 2.12. The molecule has 2 aromatic carbocycles. The predicted molar refractivity (Wildman–Crippen MR) is 108 cm³/mol. The lowest BCUT2D eigenvalue weighted by molar-refractivity contribution is -0.111. The molecule has 0 aliphatic rings. The summed E-state index contributed by atoms with van der Waals surface area (Å²) in [5.74, 6) is 0.724. The molecule has 0 radical (unpaired) electrons. The second kappa shape index (κ2) is 9.47. The summed E-state index contributed by atoms with van der Waals surface area (Å²) in [5.41, 5.74) is 2.86. The summed E-state index contributed by atoms with van der Waals surface area (Å²) in [6.07, 6.45) is 5.52. The SMILES string of the molecule is CCCCOc1ccc(C=CC(=O)Nc2ccc(I)cc2C)cc1. The molecule has 1 amide bonds. The third kappa shape index (κ3) is 6.00. The van der Waals surface area contributed by atoms with E-state index < -0.39 is 0 Å². The Labute approximate surface area is 157 Å². The lowest BCUT2D eigenvalue weighted by Crippen LogP contribution is -2.08. The number of anilines is 1. The van der Waals surface area contributed by atoms with Gasteiger partial charge < -0.3 is 10.1 Å². The normalized spacial score (nSPS) is 10.8. The molecule has 0 atom stereocenters. The summed E-state index contributed by atoms with van der Waals surface area (Å²) < 4.78 is 6.78. The zero-order chi connectivity index (χ0) is 17.4. The molecule has 0 aliphatic carbocycles. The van der Waals surface area contributed by atoms with Crippen LogP contribution >= 0.6 is 22.6 Å². The number of unbranched alkanes of at least 4 members (excludes halogenated alkanes) is 1. The van der Waals surface area contributed by atoms with Gasteiger partial charge in [0.05, 0.1) is 6.61 Å². The Morgan fingerprint density at radius 3 is 2.62 bits per heavy atom. The Balaban J connectivity index is 1.91. The molecule has 24 heavy (non-hydrogen) atoms. The summed E-state index contributed by atoms with van der Waals surface area (Å²) in [5, 5.41) is 2.90. The van der Waals surface area contributed by atoms with Crippen molar-refractivity contribution in [3.8, 4) is 5.75 Å². The first-order valence-corrected chi connectivity index (χ1v) is 9.14. The van der Waals surface area contributed by atoms with Crippen molar-refractivity contribution >= 4 is 40.3 Å². The Morgan fingerprint density at radius 1 is 1.21 bits per heavy atom. The maximum absolute atomic E-state index is 12.0. The highest BCUT2D eigenvalue weighted by molar-refractivity contribution is 14.1. The number of amides is 1. The van der Waals surface area contributed by atoms with Crippen LogP contribution in [0, 0.1) is 10.5 Å². The Kier molecular flexibility index (Phi) is 7.31. The van der Waals surface area contributed by atoms with E-state index in [9.17, 15) is 4.79 Å². The first kappa shape index (κ1) is 18.5. The van der Waals surface area contributed by atoms with Crippen molar-refractivity contribution in [1.82, 2.24) is 0 Å². The number of ether oxygens (including phenoxy) is 1. The van der Waals surface area contributed by atoms with Crippen LogP contribution in [0.2, 0.25) is 0 Å². The summed E-state index contributed by atoms with van der Waals surface area (Å²) in [4.78, 5) is 12.0. The molecule has 0 aliphatic heterocycles. The molecule has 0 fully saturated rings. The van der Waals surface area contributed by atoms with Gasteiger partial charge in [-0.15, -0.1) is 0 Å².